The molecule has 3 N–H and O–H groups in total. The monoisotopic (exact) mass is 424 g/mol. The second-order valence-electron chi connectivity index (χ2n) is 10.9. The average molecular weight is 425 g/mol. The fourth-order valence-corrected chi connectivity index (χ4v) is 4.26. The molecule has 0 fully saturated rings. The summed E-state index contributed by atoms with van der Waals surface area (Å²) in [6.45, 7) is 18.2. The molecule has 0 bridgehead atoms. The molecule has 0 aliphatic carbocycles. The largest absolute Gasteiger partial charge is 0.469 e. The van der Waals surface area contributed by atoms with E-state index >= 15 is 0 Å². The molecule has 0 saturated carbocycles. The van der Waals surface area contributed by atoms with Crippen molar-refractivity contribution in [1.82, 2.24) is 0 Å². The van der Waals surface area contributed by atoms with Gasteiger partial charge >= 0.3 is 7.82 Å². The van der Waals surface area contributed by atoms with Crippen molar-refractivity contribution in [1.29, 1.82) is 0 Å². The fraction of sp³-hybridized carbons (Fsp3) is 1.00. The van der Waals surface area contributed by atoms with E-state index in [1.165, 1.54) is 6.42 Å². The maximum atomic E-state index is 10.7. The zero-order chi connectivity index (χ0) is 22.2. The lowest BCUT2D eigenvalue weighted by Crippen LogP contribution is -2.27. The van der Waals surface area contributed by atoms with Crippen molar-refractivity contribution >= 4 is 7.82 Å². The lowest BCUT2D eigenvalue weighted by molar-refractivity contribution is -0.0145. The standard InChI is InChI=1S/C21H45O6P/c1-16(11-20(3,4)5)9-10-18(17(2)12-21(6,7)8)13-26-14-19(22)15-27-28(23,24)25/h16-19,22H,9-15H2,1-8H3,(H2,23,24,25). The van der Waals surface area contributed by atoms with Crippen LogP contribution in [0.25, 0.3) is 0 Å². The summed E-state index contributed by atoms with van der Waals surface area (Å²) in [5.41, 5.74) is 0.566. The van der Waals surface area contributed by atoms with Crippen molar-refractivity contribution in [3.05, 3.63) is 0 Å². The maximum absolute atomic E-state index is 10.7. The average Bonchev–Trinajstić information content (AvgIpc) is 2.44. The Morgan fingerprint density at radius 1 is 0.857 bits per heavy atom. The highest BCUT2D eigenvalue weighted by Gasteiger charge is 2.25. The number of phosphoric acid groups is 1. The third-order valence-electron chi connectivity index (χ3n) is 4.81. The highest BCUT2D eigenvalue weighted by molar-refractivity contribution is 7.46. The molecule has 0 spiro atoms. The Morgan fingerprint density at radius 3 is 1.86 bits per heavy atom. The van der Waals surface area contributed by atoms with E-state index in [0.29, 0.717) is 29.8 Å². The molecule has 7 heteroatoms. The normalized spacial score (nSPS) is 18.0. The van der Waals surface area contributed by atoms with Crippen LogP contribution >= 0.6 is 7.82 Å². The van der Waals surface area contributed by atoms with E-state index in [9.17, 15) is 9.67 Å². The molecule has 0 aliphatic heterocycles. The van der Waals surface area contributed by atoms with E-state index < -0.39 is 20.5 Å². The van der Waals surface area contributed by atoms with Crippen LogP contribution in [0.2, 0.25) is 0 Å². The van der Waals surface area contributed by atoms with Crippen LogP contribution in [0.5, 0.6) is 0 Å². The Balaban J connectivity index is 4.62. The number of aliphatic hydroxyl groups is 1. The molecule has 6 nitrogen and oxygen atoms in total. The minimum absolute atomic E-state index is 0.0102. The lowest BCUT2D eigenvalue weighted by atomic mass is 9.76. The van der Waals surface area contributed by atoms with E-state index in [4.69, 9.17) is 14.5 Å². The molecular weight excluding hydrogens is 379 g/mol. The lowest BCUT2D eigenvalue weighted by Gasteiger charge is -2.31. The summed E-state index contributed by atoms with van der Waals surface area (Å²) in [6, 6.07) is 0. The Kier molecular flexibility index (Phi) is 12.0. The van der Waals surface area contributed by atoms with E-state index in [2.05, 4.69) is 59.9 Å². The van der Waals surface area contributed by atoms with Gasteiger partial charge in [0, 0.05) is 6.61 Å². The van der Waals surface area contributed by atoms with Crippen LogP contribution in [0, 0.1) is 28.6 Å². The summed E-state index contributed by atoms with van der Waals surface area (Å²) in [7, 11) is -4.56. The molecule has 0 aromatic heterocycles. The molecular formula is C21H45O6P. The van der Waals surface area contributed by atoms with Gasteiger partial charge in [-0.3, -0.25) is 4.52 Å². The maximum Gasteiger partial charge on any atom is 0.469 e. The SMILES string of the molecule is CC(CCC(COCC(O)COP(=O)(O)O)C(C)CC(C)(C)C)CC(C)(C)C. The Morgan fingerprint density at radius 2 is 1.39 bits per heavy atom. The number of phosphoric ester groups is 1. The molecule has 0 rings (SSSR count). The molecule has 0 amide bonds. The highest BCUT2D eigenvalue weighted by Crippen LogP contribution is 2.36. The van der Waals surface area contributed by atoms with Crippen molar-refractivity contribution in [2.45, 2.75) is 87.2 Å². The molecule has 0 aromatic rings. The highest BCUT2D eigenvalue weighted by atomic mass is 31.2. The van der Waals surface area contributed by atoms with Crippen LogP contribution in [-0.2, 0) is 13.8 Å². The number of hydrogen-bond donors (Lipinski definition) is 3. The molecule has 4 unspecified atom stereocenters. The first-order valence-corrected chi connectivity index (χ1v) is 12.0. The second-order valence-corrected chi connectivity index (χ2v) is 12.2. The second kappa shape index (κ2) is 12.0. The van der Waals surface area contributed by atoms with Gasteiger partial charge in [0.1, 0.15) is 6.10 Å². The summed E-state index contributed by atoms with van der Waals surface area (Å²) in [5, 5.41) is 9.80. The molecule has 28 heavy (non-hydrogen) atoms. The zero-order valence-electron chi connectivity index (χ0n) is 19.3. The minimum atomic E-state index is -4.56. The van der Waals surface area contributed by atoms with Crippen LogP contribution in [-0.4, -0.2) is 40.8 Å². The van der Waals surface area contributed by atoms with Gasteiger partial charge in [0.05, 0.1) is 13.2 Å². The topological polar surface area (TPSA) is 96.2 Å². The van der Waals surface area contributed by atoms with Gasteiger partial charge in [-0.25, -0.2) is 4.57 Å². The van der Waals surface area contributed by atoms with Gasteiger partial charge < -0.3 is 19.6 Å². The molecule has 0 heterocycles. The molecule has 0 radical (unpaired) electrons. The quantitative estimate of drug-likeness (QED) is 0.360. The summed E-state index contributed by atoms with van der Waals surface area (Å²) in [6.07, 6.45) is 3.45. The van der Waals surface area contributed by atoms with Crippen LogP contribution in [0.4, 0.5) is 0 Å². The van der Waals surface area contributed by atoms with Gasteiger partial charge in [-0.1, -0.05) is 61.8 Å². The Bertz CT molecular complexity index is 462. The zero-order valence-corrected chi connectivity index (χ0v) is 20.2. The summed E-state index contributed by atoms with van der Waals surface area (Å²) >= 11 is 0. The van der Waals surface area contributed by atoms with Crippen molar-refractivity contribution in [2.24, 2.45) is 28.6 Å². The summed E-state index contributed by atoms with van der Waals surface area (Å²) < 4.78 is 20.7. The van der Waals surface area contributed by atoms with Crippen LogP contribution in [0.15, 0.2) is 0 Å². The molecule has 170 valence electrons. The third kappa shape index (κ3) is 16.9. The van der Waals surface area contributed by atoms with Crippen LogP contribution in [0.3, 0.4) is 0 Å². The van der Waals surface area contributed by atoms with E-state index in [0.717, 1.165) is 19.3 Å². The first kappa shape index (κ1) is 28.0. The molecule has 0 aromatic carbocycles. The number of aliphatic hydroxyl groups excluding tert-OH is 1. The first-order chi connectivity index (χ1) is 12.5. The predicted octanol–water partition coefficient (Wildman–Crippen LogP) is 5.01. The van der Waals surface area contributed by atoms with E-state index in [-0.39, 0.29) is 12.0 Å². The van der Waals surface area contributed by atoms with Gasteiger partial charge in [0.15, 0.2) is 0 Å². The minimum Gasteiger partial charge on any atom is -0.388 e. The number of ether oxygens (including phenoxy) is 1. The third-order valence-corrected chi connectivity index (χ3v) is 5.29. The number of rotatable bonds is 13. The molecule has 4 atom stereocenters. The van der Waals surface area contributed by atoms with Gasteiger partial charge in [-0.2, -0.15) is 0 Å². The van der Waals surface area contributed by atoms with Gasteiger partial charge in [0.2, 0.25) is 0 Å². The molecule has 0 saturated heterocycles. The first-order valence-electron chi connectivity index (χ1n) is 10.4. The van der Waals surface area contributed by atoms with Gasteiger partial charge in [-0.15, -0.1) is 0 Å². The van der Waals surface area contributed by atoms with Crippen molar-refractivity contribution < 1.29 is 28.7 Å². The Labute approximate surface area is 172 Å². The summed E-state index contributed by atoms with van der Waals surface area (Å²) in [5.74, 6) is 1.52. The van der Waals surface area contributed by atoms with Crippen molar-refractivity contribution in [3.63, 3.8) is 0 Å². The fourth-order valence-electron chi connectivity index (χ4n) is 3.90. The molecule has 0 aliphatic rings. The van der Waals surface area contributed by atoms with E-state index in [1.54, 1.807) is 0 Å². The summed E-state index contributed by atoms with van der Waals surface area (Å²) in [4.78, 5) is 17.4. The predicted molar refractivity (Wildman–Crippen MR) is 114 cm³/mol. The Hall–Kier alpha value is 0.0300. The van der Waals surface area contributed by atoms with Crippen molar-refractivity contribution in [2.75, 3.05) is 19.8 Å². The van der Waals surface area contributed by atoms with Crippen molar-refractivity contribution in [3.8, 4) is 0 Å². The van der Waals surface area contributed by atoms with Crippen LogP contribution in [0.1, 0.15) is 81.1 Å². The van der Waals surface area contributed by atoms with Gasteiger partial charge in [-0.05, 0) is 47.8 Å². The van der Waals surface area contributed by atoms with Gasteiger partial charge in [0.25, 0.3) is 0 Å². The van der Waals surface area contributed by atoms with E-state index in [1.807, 2.05) is 0 Å². The van der Waals surface area contributed by atoms with Crippen LogP contribution < -0.4 is 0 Å². The smallest absolute Gasteiger partial charge is 0.388 e. The number of hydrogen-bond acceptors (Lipinski definition) is 4.